The molecule has 2 aromatic rings. The SMILES string of the molecule is CC(C)=CC1CC(C(=O)OCc2coc(Cc3ccccc3)c2)C1(C)C. The van der Waals surface area contributed by atoms with Crippen LogP contribution in [0.25, 0.3) is 0 Å². The average Bonchev–Trinajstić information content (AvgIpc) is 3.04. The van der Waals surface area contributed by atoms with Crippen molar-refractivity contribution in [3.05, 3.63) is 71.2 Å². The van der Waals surface area contributed by atoms with Crippen LogP contribution in [0.3, 0.4) is 0 Å². The molecule has 1 aliphatic rings. The summed E-state index contributed by atoms with van der Waals surface area (Å²) in [6.45, 7) is 8.79. The second-order valence-corrected chi connectivity index (χ2v) is 8.15. The molecule has 0 radical (unpaired) electrons. The van der Waals surface area contributed by atoms with E-state index in [1.807, 2.05) is 24.3 Å². The summed E-state index contributed by atoms with van der Waals surface area (Å²) in [5.41, 5.74) is 3.37. The van der Waals surface area contributed by atoms with Gasteiger partial charge in [0.25, 0.3) is 0 Å². The Kier molecular flexibility index (Phi) is 5.36. The van der Waals surface area contributed by atoms with Gasteiger partial charge in [0.1, 0.15) is 12.4 Å². The van der Waals surface area contributed by atoms with E-state index in [0.29, 0.717) is 5.92 Å². The third kappa shape index (κ3) is 4.09. The Bertz CT molecular complexity index is 779. The lowest BCUT2D eigenvalue weighted by Crippen LogP contribution is -2.48. The molecule has 3 rings (SSSR count). The number of benzene rings is 1. The number of hydrogen-bond acceptors (Lipinski definition) is 3. The van der Waals surface area contributed by atoms with Crippen molar-refractivity contribution in [1.29, 1.82) is 0 Å². The Balaban J connectivity index is 1.52. The maximum atomic E-state index is 12.5. The lowest BCUT2D eigenvalue weighted by molar-refractivity contribution is -0.164. The number of allylic oxidation sites excluding steroid dienone is 2. The Labute approximate surface area is 156 Å². The Morgan fingerprint density at radius 1 is 1.23 bits per heavy atom. The van der Waals surface area contributed by atoms with E-state index in [1.165, 1.54) is 11.1 Å². The van der Waals surface area contributed by atoms with E-state index in [4.69, 9.17) is 9.15 Å². The van der Waals surface area contributed by atoms with Crippen molar-refractivity contribution in [3.63, 3.8) is 0 Å². The number of ether oxygens (including phenoxy) is 1. The van der Waals surface area contributed by atoms with Crippen LogP contribution < -0.4 is 0 Å². The third-order valence-corrected chi connectivity index (χ3v) is 5.47. The standard InChI is InChI=1S/C23H28O3/c1-16(2)10-19-13-21(23(19,3)4)22(24)26-15-18-12-20(25-14-18)11-17-8-6-5-7-9-17/h5-10,12,14,19,21H,11,13,15H2,1-4H3. The molecule has 1 aromatic carbocycles. The number of carbonyl (C=O) groups excluding carboxylic acids is 1. The highest BCUT2D eigenvalue weighted by Gasteiger charge is 2.51. The zero-order valence-corrected chi connectivity index (χ0v) is 16.1. The van der Waals surface area contributed by atoms with E-state index >= 15 is 0 Å². The first-order chi connectivity index (χ1) is 12.4. The van der Waals surface area contributed by atoms with E-state index in [2.05, 4.69) is 45.9 Å². The summed E-state index contributed by atoms with van der Waals surface area (Å²) in [7, 11) is 0. The molecular weight excluding hydrogens is 324 g/mol. The molecule has 0 spiro atoms. The highest BCUT2D eigenvalue weighted by atomic mass is 16.5. The minimum Gasteiger partial charge on any atom is -0.469 e. The van der Waals surface area contributed by atoms with Crippen LogP contribution in [0.15, 0.2) is 58.7 Å². The van der Waals surface area contributed by atoms with Gasteiger partial charge in [-0.05, 0) is 43.2 Å². The van der Waals surface area contributed by atoms with Crippen LogP contribution in [0.1, 0.15) is 51.0 Å². The van der Waals surface area contributed by atoms with Crippen molar-refractivity contribution in [2.75, 3.05) is 0 Å². The molecule has 1 heterocycles. The number of hydrogen-bond donors (Lipinski definition) is 0. The van der Waals surface area contributed by atoms with Gasteiger partial charge in [0.05, 0.1) is 12.2 Å². The predicted octanol–water partition coefficient (Wildman–Crippen LogP) is 5.54. The molecule has 2 unspecified atom stereocenters. The molecule has 1 fully saturated rings. The van der Waals surface area contributed by atoms with Gasteiger partial charge in [-0.2, -0.15) is 0 Å². The molecule has 3 nitrogen and oxygen atoms in total. The molecule has 138 valence electrons. The maximum Gasteiger partial charge on any atom is 0.309 e. The molecular formula is C23H28O3. The normalized spacial score (nSPS) is 20.9. The first-order valence-corrected chi connectivity index (χ1v) is 9.28. The first-order valence-electron chi connectivity index (χ1n) is 9.28. The van der Waals surface area contributed by atoms with Gasteiger partial charge in [-0.25, -0.2) is 0 Å². The summed E-state index contributed by atoms with van der Waals surface area (Å²) in [5, 5.41) is 0. The topological polar surface area (TPSA) is 39.4 Å². The van der Waals surface area contributed by atoms with Gasteiger partial charge in [-0.1, -0.05) is 55.8 Å². The highest BCUT2D eigenvalue weighted by Crippen LogP contribution is 2.52. The summed E-state index contributed by atoms with van der Waals surface area (Å²) in [5.74, 6) is 1.21. The lowest BCUT2D eigenvalue weighted by atomic mass is 9.54. The van der Waals surface area contributed by atoms with Crippen molar-refractivity contribution in [1.82, 2.24) is 0 Å². The molecule has 0 bridgehead atoms. The lowest BCUT2D eigenvalue weighted by Gasteiger charge is -2.49. The molecule has 0 aliphatic heterocycles. The number of carbonyl (C=O) groups is 1. The van der Waals surface area contributed by atoms with Crippen LogP contribution in [-0.2, 0) is 22.6 Å². The number of furan rings is 1. The molecule has 1 saturated carbocycles. The minimum absolute atomic E-state index is 0.0289. The fraction of sp³-hybridized carbons (Fsp3) is 0.435. The first kappa shape index (κ1) is 18.5. The zero-order valence-electron chi connectivity index (χ0n) is 16.1. The van der Waals surface area contributed by atoms with Gasteiger partial charge in [0.15, 0.2) is 0 Å². The van der Waals surface area contributed by atoms with Gasteiger partial charge in [-0.15, -0.1) is 0 Å². The summed E-state index contributed by atoms with van der Waals surface area (Å²) >= 11 is 0. The van der Waals surface area contributed by atoms with Gasteiger partial charge >= 0.3 is 5.97 Å². The van der Waals surface area contributed by atoms with Gasteiger partial charge in [0.2, 0.25) is 0 Å². The van der Waals surface area contributed by atoms with E-state index in [1.54, 1.807) is 6.26 Å². The zero-order chi connectivity index (χ0) is 18.7. The molecule has 1 aromatic heterocycles. The van der Waals surface area contributed by atoms with Crippen molar-refractivity contribution in [2.45, 2.75) is 47.1 Å². The Morgan fingerprint density at radius 3 is 2.62 bits per heavy atom. The summed E-state index contributed by atoms with van der Waals surface area (Å²) in [6, 6.07) is 12.2. The van der Waals surface area contributed by atoms with Crippen molar-refractivity contribution >= 4 is 5.97 Å². The van der Waals surface area contributed by atoms with Gasteiger partial charge in [0, 0.05) is 12.0 Å². The molecule has 0 N–H and O–H groups in total. The van der Waals surface area contributed by atoms with Crippen LogP contribution in [0.2, 0.25) is 0 Å². The number of rotatable bonds is 6. The molecule has 26 heavy (non-hydrogen) atoms. The van der Waals surface area contributed by atoms with Crippen LogP contribution in [-0.4, -0.2) is 5.97 Å². The molecule has 3 heteroatoms. The third-order valence-electron chi connectivity index (χ3n) is 5.47. The Hall–Kier alpha value is -2.29. The molecule has 0 amide bonds. The fourth-order valence-corrected chi connectivity index (χ4v) is 3.69. The summed E-state index contributed by atoms with van der Waals surface area (Å²) in [6.07, 6.45) is 5.58. The second-order valence-electron chi connectivity index (χ2n) is 8.15. The van der Waals surface area contributed by atoms with Crippen LogP contribution >= 0.6 is 0 Å². The summed E-state index contributed by atoms with van der Waals surface area (Å²) in [4.78, 5) is 12.5. The van der Waals surface area contributed by atoms with Crippen LogP contribution in [0.5, 0.6) is 0 Å². The number of esters is 1. The molecule has 1 aliphatic carbocycles. The molecule has 0 saturated heterocycles. The van der Waals surface area contributed by atoms with Crippen molar-refractivity contribution in [2.24, 2.45) is 17.3 Å². The van der Waals surface area contributed by atoms with E-state index in [-0.39, 0.29) is 23.9 Å². The molecule has 2 atom stereocenters. The fourth-order valence-electron chi connectivity index (χ4n) is 3.69. The maximum absolute atomic E-state index is 12.5. The largest absolute Gasteiger partial charge is 0.469 e. The summed E-state index contributed by atoms with van der Waals surface area (Å²) < 4.78 is 11.2. The van der Waals surface area contributed by atoms with Crippen LogP contribution in [0.4, 0.5) is 0 Å². The smallest absolute Gasteiger partial charge is 0.309 e. The monoisotopic (exact) mass is 352 g/mol. The quantitative estimate of drug-likeness (QED) is 0.506. The van der Waals surface area contributed by atoms with Gasteiger partial charge in [-0.3, -0.25) is 4.79 Å². The van der Waals surface area contributed by atoms with Gasteiger partial charge < -0.3 is 9.15 Å². The van der Waals surface area contributed by atoms with Crippen LogP contribution in [0, 0.1) is 17.3 Å². The average molecular weight is 352 g/mol. The second kappa shape index (κ2) is 7.53. The minimum atomic E-state index is -0.0979. The highest BCUT2D eigenvalue weighted by molar-refractivity contribution is 5.75. The van der Waals surface area contributed by atoms with E-state index < -0.39 is 0 Å². The van der Waals surface area contributed by atoms with E-state index in [9.17, 15) is 4.79 Å². The Morgan fingerprint density at radius 2 is 1.96 bits per heavy atom. The predicted molar refractivity (Wildman–Crippen MR) is 103 cm³/mol. The van der Waals surface area contributed by atoms with Crippen molar-refractivity contribution in [3.8, 4) is 0 Å². The van der Waals surface area contributed by atoms with E-state index in [0.717, 1.165) is 24.2 Å². The van der Waals surface area contributed by atoms with Crippen molar-refractivity contribution < 1.29 is 13.9 Å².